The Bertz CT molecular complexity index is 650. The van der Waals surface area contributed by atoms with E-state index >= 15 is 0 Å². The van der Waals surface area contributed by atoms with Gasteiger partial charge < -0.3 is 14.4 Å². The molecule has 0 N–H and O–H groups in total. The van der Waals surface area contributed by atoms with Crippen molar-refractivity contribution in [1.82, 2.24) is 0 Å². The van der Waals surface area contributed by atoms with Crippen molar-refractivity contribution in [2.24, 2.45) is 11.8 Å². The van der Waals surface area contributed by atoms with Gasteiger partial charge in [-0.2, -0.15) is 0 Å². The number of esters is 1. The molecule has 5 heteroatoms. The number of allylic oxidation sites excluding steroid dienone is 2. The molecule has 0 spiro atoms. The Hall–Kier alpha value is -2.56. The van der Waals surface area contributed by atoms with E-state index in [1.54, 1.807) is 31.1 Å². The van der Waals surface area contributed by atoms with Gasteiger partial charge in [-0.3, -0.25) is 9.59 Å². The molecule has 3 rings (SSSR count). The molecule has 0 unspecified atom stereocenters. The van der Waals surface area contributed by atoms with Gasteiger partial charge in [0.05, 0.1) is 19.8 Å². The second-order valence-electron chi connectivity index (χ2n) is 5.47. The van der Waals surface area contributed by atoms with Gasteiger partial charge in [-0.1, -0.05) is 24.3 Å². The lowest BCUT2D eigenvalue weighted by Crippen LogP contribution is -2.66. The standard InChI is InChI=1S/C18H19NO4/c1-3-23-18(21)15-16(12-6-4-5-7-12)19(17(15)20)13-8-10-14(22-2)11-9-13/h4-12,15-16H,3H2,1-2H3/t15-,16-/m0/s1. The van der Waals surface area contributed by atoms with Crippen LogP contribution in [0.2, 0.25) is 0 Å². The van der Waals surface area contributed by atoms with Gasteiger partial charge in [0.1, 0.15) is 5.75 Å². The van der Waals surface area contributed by atoms with Crippen LogP contribution in [0.15, 0.2) is 48.6 Å². The molecular weight excluding hydrogens is 294 g/mol. The van der Waals surface area contributed by atoms with Crippen molar-refractivity contribution in [2.75, 3.05) is 18.6 Å². The summed E-state index contributed by atoms with van der Waals surface area (Å²) in [6.45, 7) is 2.01. The minimum Gasteiger partial charge on any atom is -0.497 e. The molecule has 1 amide bonds. The average Bonchev–Trinajstić information content (AvgIpc) is 3.07. The van der Waals surface area contributed by atoms with Gasteiger partial charge >= 0.3 is 5.97 Å². The zero-order valence-corrected chi connectivity index (χ0v) is 13.1. The number of anilines is 1. The number of benzene rings is 1. The van der Waals surface area contributed by atoms with Crippen LogP contribution in [0.4, 0.5) is 5.69 Å². The molecule has 0 radical (unpaired) electrons. The van der Waals surface area contributed by atoms with E-state index in [1.165, 1.54) is 0 Å². The maximum Gasteiger partial charge on any atom is 0.320 e. The van der Waals surface area contributed by atoms with Crippen LogP contribution in [0.5, 0.6) is 5.75 Å². The number of β-lactam (4-membered cyclic amide) rings is 1. The Kier molecular flexibility index (Phi) is 4.19. The lowest BCUT2D eigenvalue weighted by Gasteiger charge is -2.47. The molecule has 120 valence electrons. The molecule has 1 fully saturated rings. The Morgan fingerprint density at radius 2 is 1.83 bits per heavy atom. The first-order chi connectivity index (χ1) is 11.2. The van der Waals surface area contributed by atoms with Crippen molar-refractivity contribution in [3.8, 4) is 5.75 Å². The summed E-state index contributed by atoms with van der Waals surface area (Å²) in [4.78, 5) is 26.4. The highest BCUT2D eigenvalue weighted by Crippen LogP contribution is 2.40. The first kappa shape index (κ1) is 15.3. The fourth-order valence-corrected chi connectivity index (χ4v) is 3.10. The topological polar surface area (TPSA) is 55.8 Å². The van der Waals surface area contributed by atoms with Crippen LogP contribution in [0.25, 0.3) is 0 Å². The Balaban J connectivity index is 1.88. The summed E-state index contributed by atoms with van der Waals surface area (Å²) in [5.41, 5.74) is 0.759. The minimum absolute atomic E-state index is 0.0178. The van der Waals surface area contributed by atoms with Crippen molar-refractivity contribution >= 4 is 17.6 Å². The molecule has 23 heavy (non-hydrogen) atoms. The summed E-state index contributed by atoms with van der Waals surface area (Å²) in [5.74, 6) is -0.659. The van der Waals surface area contributed by atoms with Crippen LogP contribution in [0.1, 0.15) is 6.92 Å². The van der Waals surface area contributed by atoms with E-state index in [0.717, 1.165) is 11.4 Å². The predicted molar refractivity (Wildman–Crippen MR) is 86.2 cm³/mol. The molecule has 1 saturated heterocycles. The minimum atomic E-state index is -0.741. The SMILES string of the molecule is CCOC(=O)[C@@H]1C(=O)N(c2ccc(OC)cc2)[C@H]1C1C=CC=C1. The second kappa shape index (κ2) is 6.28. The molecule has 1 aromatic rings. The molecule has 5 nitrogen and oxygen atoms in total. The van der Waals surface area contributed by atoms with Crippen molar-refractivity contribution in [1.29, 1.82) is 0 Å². The van der Waals surface area contributed by atoms with Crippen molar-refractivity contribution in [3.63, 3.8) is 0 Å². The summed E-state index contributed by atoms with van der Waals surface area (Å²) >= 11 is 0. The van der Waals surface area contributed by atoms with E-state index in [2.05, 4.69) is 0 Å². The monoisotopic (exact) mass is 313 g/mol. The lowest BCUT2D eigenvalue weighted by atomic mass is 9.78. The number of carbonyl (C=O) groups excluding carboxylic acids is 2. The second-order valence-corrected chi connectivity index (χ2v) is 5.47. The van der Waals surface area contributed by atoms with Crippen LogP contribution >= 0.6 is 0 Å². The number of rotatable bonds is 5. The molecule has 1 heterocycles. The Labute approximate surface area is 135 Å². The number of hydrogen-bond donors (Lipinski definition) is 0. The number of methoxy groups -OCH3 is 1. The molecule has 1 aliphatic heterocycles. The first-order valence-electron chi connectivity index (χ1n) is 7.66. The van der Waals surface area contributed by atoms with Gasteiger partial charge in [-0.25, -0.2) is 0 Å². The third kappa shape index (κ3) is 2.63. The van der Waals surface area contributed by atoms with Gasteiger partial charge in [0.2, 0.25) is 5.91 Å². The number of ether oxygens (including phenoxy) is 2. The zero-order valence-electron chi connectivity index (χ0n) is 13.1. The Morgan fingerprint density at radius 3 is 2.39 bits per heavy atom. The molecule has 2 aliphatic rings. The van der Waals surface area contributed by atoms with Crippen LogP contribution in [-0.4, -0.2) is 31.6 Å². The van der Waals surface area contributed by atoms with Crippen LogP contribution in [-0.2, 0) is 14.3 Å². The molecule has 0 bridgehead atoms. The van der Waals surface area contributed by atoms with Gasteiger partial charge in [-0.15, -0.1) is 0 Å². The van der Waals surface area contributed by atoms with Gasteiger partial charge in [0, 0.05) is 11.6 Å². The fraction of sp³-hybridized carbons (Fsp3) is 0.333. The molecule has 2 atom stereocenters. The van der Waals surface area contributed by atoms with Crippen LogP contribution in [0.3, 0.4) is 0 Å². The average molecular weight is 313 g/mol. The third-order valence-electron chi connectivity index (χ3n) is 4.21. The largest absolute Gasteiger partial charge is 0.497 e. The summed E-state index contributed by atoms with van der Waals surface area (Å²) in [6.07, 6.45) is 7.86. The van der Waals surface area contributed by atoms with E-state index in [9.17, 15) is 9.59 Å². The van der Waals surface area contributed by atoms with Crippen molar-refractivity contribution < 1.29 is 19.1 Å². The summed E-state index contributed by atoms with van der Waals surface area (Å²) in [6, 6.07) is 7.01. The molecular formula is C18H19NO4. The highest BCUT2D eigenvalue weighted by atomic mass is 16.5. The number of amides is 1. The first-order valence-corrected chi connectivity index (χ1v) is 7.66. The van der Waals surface area contributed by atoms with Gasteiger partial charge in [-0.05, 0) is 31.2 Å². The summed E-state index contributed by atoms with van der Waals surface area (Å²) in [5, 5.41) is 0. The van der Waals surface area contributed by atoms with E-state index in [0.29, 0.717) is 0 Å². The summed E-state index contributed by atoms with van der Waals surface area (Å²) < 4.78 is 10.2. The normalized spacial score (nSPS) is 23.0. The maximum absolute atomic E-state index is 12.5. The highest BCUT2D eigenvalue weighted by Gasteiger charge is 2.55. The molecule has 0 saturated carbocycles. The third-order valence-corrected chi connectivity index (χ3v) is 4.21. The van der Waals surface area contributed by atoms with Gasteiger partial charge in [0.25, 0.3) is 0 Å². The number of nitrogens with zero attached hydrogens (tertiary/aromatic N) is 1. The fourth-order valence-electron chi connectivity index (χ4n) is 3.10. The smallest absolute Gasteiger partial charge is 0.320 e. The quantitative estimate of drug-likeness (QED) is 0.476. The highest BCUT2D eigenvalue weighted by molar-refractivity contribution is 6.14. The lowest BCUT2D eigenvalue weighted by molar-refractivity contribution is -0.157. The zero-order chi connectivity index (χ0) is 16.4. The van der Waals surface area contributed by atoms with Crippen molar-refractivity contribution in [2.45, 2.75) is 13.0 Å². The van der Waals surface area contributed by atoms with Crippen LogP contribution in [0, 0.1) is 11.8 Å². The number of hydrogen-bond acceptors (Lipinski definition) is 4. The number of carbonyl (C=O) groups is 2. The van der Waals surface area contributed by atoms with Crippen molar-refractivity contribution in [3.05, 3.63) is 48.6 Å². The van der Waals surface area contributed by atoms with E-state index in [-0.39, 0.29) is 24.5 Å². The molecule has 0 aromatic heterocycles. The maximum atomic E-state index is 12.5. The molecule has 1 aromatic carbocycles. The van der Waals surface area contributed by atoms with Gasteiger partial charge in [0.15, 0.2) is 5.92 Å². The van der Waals surface area contributed by atoms with E-state index < -0.39 is 11.9 Å². The summed E-state index contributed by atoms with van der Waals surface area (Å²) in [7, 11) is 1.59. The predicted octanol–water partition coefficient (Wildman–Crippen LogP) is 2.33. The van der Waals surface area contributed by atoms with Crippen LogP contribution < -0.4 is 9.64 Å². The van der Waals surface area contributed by atoms with E-state index in [1.807, 2.05) is 36.4 Å². The Morgan fingerprint density at radius 1 is 1.17 bits per heavy atom. The molecule has 1 aliphatic carbocycles. The van der Waals surface area contributed by atoms with E-state index in [4.69, 9.17) is 9.47 Å².